The van der Waals surface area contributed by atoms with Gasteiger partial charge in [0, 0.05) is 0 Å². The molecule has 19 heavy (non-hydrogen) atoms. The molecule has 1 aromatic carbocycles. The van der Waals surface area contributed by atoms with Crippen molar-refractivity contribution in [2.45, 2.75) is 6.10 Å². The molecule has 1 unspecified atom stereocenters. The van der Waals surface area contributed by atoms with E-state index in [-0.39, 0.29) is 6.54 Å². The van der Waals surface area contributed by atoms with Crippen LogP contribution in [0.1, 0.15) is 0 Å². The van der Waals surface area contributed by atoms with Gasteiger partial charge in [0.1, 0.15) is 0 Å². The molecule has 0 saturated carbocycles. The predicted molar refractivity (Wildman–Crippen MR) is 70.3 cm³/mol. The average molecular weight is 281 g/mol. The Labute approximate surface area is 111 Å². The van der Waals surface area contributed by atoms with Crippen LogP contribution in [0.15, 0.2) is 24.3 Å². The van der Waals surface area contributed by atoms with Crippen LogP contribution < -0.4 is 10.6 Å². The number of rotatable bonds is 4. The number of aliphatic hydroxyl groups excluding tert-OH is 1. The van der Waals surface area contributed by atoms with Gasteiger partial charge in [-0.25, -0.2) is 14.6 Å². The molecule has 0 saturated heterocycles. The van der Waals surface area contributed by atoms with Crippen molar-refractivity contribution in [3.63, 3.8) is 0 Å². The van der Waals surface area contributed by atoms with E-state index in [1.54, 1.807) is 0 Å². The Bertz CT molecular complexity index is 580. The van der Waals surface area contributed by atoms with E-state index in [1.807, 2.05) is 24.3 Å². The second-order valence-electron chi connectivity index (χ2n) is 3.68. The van der Waals surface area contributed by atoms with Crippen LogP contribution >= 0.6 is 11.3 Å². The van der Waals surface area contributed by atoms with Gasteiger partial charge in [-0.05, 0) is 12.1 Å². The van der Waals surface area contributed by atoms with Crippen molar-refractivity contribution < 1.29 is 19.8 Å². The quantitative estimate of drug-likeness (QED) is 0.664. The maximum Gasteiger partial charge on any atom is 0.334 e. The summed E-state index contributed by atoms with van der Waals surface area (Å²) in [6, 6.07) is 6.80. The number of amides is 2. The number of hydrogen-bond donors (Lipinski definition) is 4. The number of benzene rings is 1. The van der Waals surface area contributed by atoms with E-state index < -0.39 is 18.1 Å². The third-order valence-corrected chi connectivity index (χ3v) is 3.21. The second-order valence-corrected chi connectivity index (χ2v) is 4.71. The molecule has 7 nitrogen and oxygen atoms in total. The Hall–Kier alpha value is -2.19. The summed E-state index contributed by atoms with van der Waals surface area (Å²) in [7, 11) is 0. The number of fused-ring (bicyclic) bond motifs is 1. The fraction of sp³-hybridized carbons (Fsp3) is 0.182. The van der Waals surface area contributed by atoms with Crippen molar-refractivity contribution in [3.8, 4) is 0 Å². The highest BCUT2D eigenvalue weighted by atomic mass is 32.1. The molecule has 0 aliphatic carbocycles. The van der Waals surface area contributed by atoms with Gasteiger partial charge in [0.15, 0.2) is 11.2 Å². The first kappa shape index (κ1) is 13.2. The Morgan fingerprint density at radius 2 is 2.11 bits per heavy atom. The highest BCUT2D eigenvalue weighted by Crippen LogP contribution is 2.25. The van der Waals surface area contributed by atoms with Crippen LogP contribution in [0.3, 0.4) is 0 Å². The molecule has 100 valence electrons. The molecule has 1 aromatic heterocycles. The summed E-state index contributed by atoms with van der Waals surface area (Å²) in [5, 5.41) is 22.6. The zero-order valence-corrected chi connectivity index (χ0v) is 10.5. The van der Waals surface area contributed by atoms with Crippen molar-refractivity contribution in [1.82, 2.24) is 10.3 Å². The molecular weight excluding hydrogens is 270 g/mol. The summed E-state index contributed by atoms with van der Waals surface area (Å²) >= 11 is 1.30. The zero-order chi connectivity index (χ0) is 13.8. The fourth-order valence-corrected chi connectivity index (χ4v) is 2.20. The lowest BCUT2D eigenvalue weighted by Gasteiger charge is -2.07. The Morgan fingerprint density at radius 1 is 1.37 bits per heavy atom. The summed E-state index contributed by atoms with van der Waals surface area (Å²) < 4.78 is 0.934. The molecular formula is C11H11N3O4S. The summed E-state index contributed by atoms with van der Waals surface area (Å²) in [6.45, 7) is -0.369. The first-order chi connectivity index (χ1) is 9.06. The minimum atomic E-state index is -1.62. The number of carbonyl (C=O) groups is 2. The molecule has 2 rings (SSSR count). The number of nitrogens with zero attached hydrogens (tertiary/aromatic N) is 1. The van der Waals surface area contributed by atoms with E-state index in [0.29, 0.717) is 5.13 Å². The summed E-state index contributed by atoms with van der Waals surface area (Å²) in [4.78, 5) is 26.0. The third-order valence-electron chi connectivity index (χ3n) is 2.26. The van der Waals surface area contributed by atoms with E-state index >= 15 is 0 Å². The largest absolute Gasteiger partial charge is 0.479 e. The number of aliphatic hydroxyl groups is 1. The van der Waals surface area contributed by atoms with Crippen molar-refractivity contribution in [2.24, 2.45) is 0 Å². The van der Waals surface area contributed by atoms with Gasteiger partial charge >= 0.3 is 12.0 Å². The van der Waals surface area contributed by atoms with Crippen molar-refractivity contribution in [3.05, 3.63) is 24.3 Å². The number of nitrogens with one attached hydrogen (secondary N) is 2. The summed E-state index contributed by atoms with van der Waals surface area (Å²) in [6.07, 6.45) is -1.62. The van der Waals surface area contributed by atoms with E-state index in [1.165, 1.54) is 11.3 Å². The second kappa shape index (κ2) is 5.63. The van der Waals surface area contributed by atoms with Gasteiger partial charge < -0.3 is 15.5 Å². The molecule has 0 spiro atoms. The lowest BCUT2D eigenvalue weighted by molar-refractivity contribution is -0.146. The number of aromatic nitrogens is 1. The number of urea groups is 1. The molecule has 1 heterocycles. The number of carboxylic acid groups (broad SMARTS) is 1. The van der Waals surface area contributed by atoms with Gasteiger partial charge in [0.2, 0.25) is 0 Å². The smallest absolute Gasteiger partial charge is 0.334 e. The van der Waals surface area contributed by atoms with E-state index in [2.05, 4.69) is 15.6 Å². The molecule has 1 atom stereocenters. The highest BCUT2D eigenvalue weighted by Gasteiger charge is 2.14. The molecule has 4 N–H and O–H groups in total. The molecule has 2 aromatic rings. The molecule has 0 aliphatic heterocycles. The van der Waals surface area contributed by atoms with Crippen LogP contribution in [0.4, 0.5) is 9.93 Å². The van der Waals surface area contributed by atoms with Crippen LogP contribution in [0, 0.1) is 0 Å². The number of aliphatic carboxylic acids is 1. The minimum absolute atomic E-state index is 0.369. The Balaban J connectivity index is 1.93. The van der Waals surface area contributed by atoms with Crippen LogP contribution in [0.25, 0.3) is 10.2 Å². The molecule has 8 heteroatoms. The standard InChI is InChI=1S/C11H11N3O4S/c15-7(9(16)17)5-12-10(18)14-11-13-6-3-1-2-4-8(6)19-11/h1-4,7,15H,5H2,(H,16,17)(H2,12,13,14,18). The third kappa shape index (κ3) is 3.39. The van der Waals surface area contributed by atoms with Crippen LogP contribution in [0.2, 0.25) is 0 Å². The van der Waals surface area contributed by atoms with Crippen LogP contribution in [-0.2, 0) is 4.79 Å². The van der Waals surface area contributed by atoms with E-state index in [4.69, 9.17) is 10.2 Å². The van der Waals surface area contributed by atoms with Gasteiger partial charge in [-0.15, -0.1) is 0 Å². The van der Waals surface area contributed by atoms with Gasteiger partial charge in [-0.3, -0.25) is 5.32 Å². The topological polar surface area (TPSA) is 112 Å². The molecule has 2 amide bonds. The van der Waals surface area contributed by atoms with Gasteiger partial charge in [0.25, 0.3) is 0 Å². The SMILES string of the molecule is O=C(NCC(O)C(=O)O)Nc1nc2ccccc2s1. The predicted octanol–water partition coefficient (Wildman–Crippen LogP) is 0.863. The maximum absolute atomic E-state index is 11.5. The average Bonchev–Trinajstić information content (AvgIpc) is 2.77. The molecule has 0 fully saturated rings. The van der Waals surface area contributed by atoms with Crippen LogP contribution in [-0.4, -0.2) is 39.8 Å². The van der Waals surface area contributed by atoms with Crippen molar-refractivity contribution in [2.75, 3.05) is 11.9 Å². The number of thiazole rings is 1. The number of hydrogen-bond acceptors (Lipinski definition) is 5. The summed E-state index contributed by atoms with van der Waals surface area (Å²) in [5.74, 6) is -1.39. The molecule has 0 bridgehead atoms. The van der Waals surface area contributed by atoms with E-state index in [0.717, 1.165) is 10.2 Å². The van der Waals surface area contributed by atoms with Gasteiger partial charge in [-0.1, -0.05) is 23.5 Å². The fourth-order valence-electron chi connectivity index (χ4n) is 1.34. The first-order valence-electron chi connectivity index (χ1n) is 5.37. The summed E-state index contributed by atoms with van der Waals surface area (Å²) in [5.41, 5.74) is 0.772. The number of para-hydroxylation sites is 1. The number of carbonyl (C=O) groups excluding carboxylic acids is 1. The van der Waals surface area contributed by atoms with Gasteiger partial charge in [-0.2, -0.15) is 0 Å². The van der Waals surface area contributed by atoms with Crippen molar-refractivity contribution >= 4 is 38.7 Å². The normalized spacial score (nSPS) is 12.1. The Morgan fingerprint density at radius 3 is 2.79 bits per heavy atom. The number of carboxylic acids is 1. The first-order valence-corrected chi connectivity index (χ1v) is 6.19. The lowest BCUT2D eigenvalue weighted by Crippen LogP contribution is -2.38. The molecule has 0 radical (unpaired) electrons. The number of anilines is 1. The highest BCUT2D eigenvalue weighted by molar-refractivity contribution is 7.22. The zero-order valence-electron chi connectivity index (χ0n) is 9.66. The van der Waals surface area contributed by atoms with E-state index in [9.17, 15) is 9.59 Å². The monoisotopic (exact) mass is 281 g/mol. The lowest BCUT2D eigenvalue weighted by atomic mass is 10.3. The maximum atomic E-state index is 11.5. The minimum Gasteiger partial charge on any atom is -0.479 e. The molecule has 0 aliphatic rings. The van der Waals surface area contributed by atoms with Crippen molar-refractivity contribution in [1.29, 1.82) is 0 Å². The van der Waals surface area contributed by atoms with Crippen LogP contribution in [0.5, 0.6) is 0 Å². The Kier molecular flexibility index (Phi) is 3.93. The van der Waals surface area contributed by atoms with Gasteiger partial charge in [0.05, 0.1) is 16.8 Å².